The monoisotopic (exact) mass is 230 g/mol. The Balaban J connectivity index is 2.86. The summed E-state index contributed by atoms with van der Waals surface area (Å²) >= 11 is 0. The molecule has 0 radical (unpaired) electrons. The molecule has 0 saturated carbocycles. The van der Waals surface area contributed by atoms with Crippen LogP contribution >= 0.6 is 0 Å². The minimum absolute atomic E-state index is 0.131. The quantitative estimate of drug-likeness (QED) is 0.781. The first-order valence-electron chi connectivity index (χ1n) is 5.56. The maximum atomic E-state index is 12.2. The van der Waals surface area contributed by atoms with Crippen LogP contribution in [0.25, 0.3) is 0 Å². The van der Waals surface area contributed by atoms with E-state index in [0.717, 1.165) is 0 Å². The third kappa shape index (κ3) is 2.71. The zero-order chi connectivity index (χ0) is 12.3. The molecule has 1 N–H and O–H groups in total. The third-order valence-electron chi connectivity index (χ3n) is 2.79. The summed E-state index contributed by atoms with van der Waals surface area (Å²) in [6.45, 7) is 5.09. The molecule has 0 bridgehead atoms. The van der Waals surface area contributed by atoms with Gasteiger partial charge >= 0.3 is 0 Å². The van der Waals surface area contributed by atoms with Crippen LogP contribution in [-0.4, -0.2) is 41.5 Å². The van der Waals surface area contributed by atoms with E-state index in [-0.39, 0.29) is 24.3 Å². The average Bonchev–Trinajstić information content (AvgIpc) is 2.22. The van der Waals surface area contributed by atoms with Gasteiger partial charge in [-0.05, 0) is 27.2 Å². The Bertz CT molecular complexity index is 292. The lowest BCUT2D eigenvalue weighted by atomic mass is 10.0. The predicted molar refractivity (Wildman–Crippen MR) is 58.6 cm³/mol. The van der Waals surface area contributed by atoms with E-state index in [9.17, 15) is 14.0 Å². The van der Waals surface area contributed by atoms with E-state index < -0.39 is 12.2 Å². The minimum Gasteiger partial charge on any atom is -0.342 e. The van der Waals surface area contributed by atoms with Crippen molar-refractivity contribution in [2.45, 2.75) is 45.2 Å². The summed E-state index contributed by atoms with van der Waals surface area (Å²) in [5.74, 6) is -0.270. The van der Waals surface area contributed by atoms with Crippen LogP contribution in [0, 0.1) is 0 Å². The third-order valence-corrected chi connectivity index (χ3v) is 2.79. The molecule has 1 aliphatic heterocycles. The summed E-state index contributed by atoms with van der Waals surface area (Å²) in [7, 11) is 0. The van der Waals surface area contributed by atoms with Crippen LogP contribution in [0.4, 0.5) is 4.39 Å². The number of hydrogen-bond donors (Lipinski definition) is 1. The number of alkyl halides is 1. The number of rotatable bonds is 3. The van der Waals surface area contributed by atoms with E-state index in [0.29, 0.717) is 13.0 Å². The fraction of sp³-hybridized carbons (Fsp3) is 0.818. The van der Waals surface area contributed by atoms with E-state index in [1.54, 1.807) is 18.7 Å². The highest BCUT2D eigenvalue weighted by Crippen LogP contribution is 2.18. The van der Waals surface area contributed by atoms with Crippen molar-refractivity contribution in [3.63, 3.8) is 0 Å². The van der Waals surface area contributed by atoms with Gasteiger partial charge in [0.05, 0.1) is 6.67 Å². The smallest absolute Gasteiger partial charge is 0.247 e. The van der Waals surface area contributed by atoms with E-state index in [4.69, 9.17) is 0 Å². The summed E-state index contributed by atoms with van der Waals surface area (Å²) in [5, 5.41) is 2.68. The Labute approximate surface area is 95.2 Å². The molecule has 1 saturated heterocycles. The second-order valence-electron chi connectivity index (χ2n) is 4.77. The SMILES string of the molecule is CC1CC(=O)NC(C)(C)C(=O)N1CCCF. The van der Waals surface area contributed by atoms with Gasteiger partial charge in [-0.3, -0.25) is 14.0 Å². The van der Waals surface area contributed by atoms with E-state index in [2.05, 4.69) is 5.32 Å². The van der Waals surface area contributed by atoms with Gasteiger partial charge in [0.1, 0.15) is 5.54 Å². The van der Waals surface area contributed by atoms with Crippen molar-refractivity contribution >= 4 is 11.8 Å². The van der Waals surface area contributed by atoms with Gasteiger partial charge < -0.3 is 10.2 Å². The van der Waals surface area contributed by atoms with Crippen LogP contribution in [0.1, 0.15) is 33.6 Å². The highest BCUT2D eigenvalue weighted by atomic mass is 19.1. The first-order valence-corrected chi connectivity index (χ1v) is 5.56. The van der Waals surface area contributed by atoms with Crippen LogP contribution in [0.2, 0.25) is 0 Å². The molecular weight excluding hydrogens is 211 g/mol. The van der Waals surface area contributed by atoms with Gasteiger partial charge in [0, 0.05) is 19.0 Å². The van der Waals surface area contributed by atoms with E-state index in [1.807, 2.05) is 6.92 Å². The van der Waals surface area contributed by atoms with Crippen LogP contribution in [-0.2, 0) is 9.59 Å². The molecule has 0 aromatic heterocycles. The fourth-order valence-electron chi connectivity index (χ4n) is 1.94. The minimum atomic E-state index is -0.891. The van der Waals surface area contributed by atoms with Crippen molar-refractivity contribution in [3.05, 3.63) is 0 Å². The van der Waals surface area contributed by atoms with Crippen molar-refractivity contribution in [3.8, 4) is 0 Å². The van der Waals surface area contributed by atoms with Crippen molar-refractivity contribution < 1.29 is 14.0 Å². The Morgan fingerprint density at radius 2 is 2.12 bits per heavy atom. The van der Waals surface area contributed by atoms with Gasteiger partial charge in [-0.25, -0.2) is 0 Å². The van der Waals surface area contributed by atoms with Crippen LogP contribution in [0.15, 0.2) is 0 Å². The molecule has 92 valence electrons. The number of nitrogens with one attached hydrogen (secondary N) is 1. The first kappa shape index (κ1) is 12.9. The Morgan fingerprint density at radius 3 is 2.69 bits per heavy atom. The molecule has 1 aliphatic rings. The van der Waals surface area contributed by atoms with Gasteiger partial charge in [-0.2, -0.15) is 0 Å². The van der Waals surface area contributed by atoms with Crippen molar-refractivity contribution in [1.82, 2.24) is 10.2 Å². The summed E-state index contributed by atoms with van der Waals surface area (Å²) in [5.41, 5.74) is -0.891. The number of carbonyl (C=O) groups is 2. The summed E-state index contributed by atoms with van der Waals surface area (Å²) in [4.78, 5) is 25.2. The molecule has 1 fully saturated rings. The lowest BCUT2D eigenvalue weighted by Gasteiger charge is -2.31. The van der Waals surface area contributed by atoms with Gasteiger partial charge in [0.15, 0.2) is 0 Å². The molecule has 16 heavy (non-hydrogen) atoms. The predicted octanol–water partition coefficient (Wildman–Crippen LogP) is 0.862. The molecule has 2 amide bonds. The van der Waals surface area contributed by atoms with E-state index in [1.165, 1.54) is 0 Å². The summed E-state index contributed by atoms with van der Waals surface area (Å²) < 4.78 is 12.2. The molecule has 0 aliphatic carbocycles. The second-order valence-corrected chi connectivity index (χ2v) is 4.77. The van der Waals surface area contributed by atoms with E-state index >= 15 is 0 Å². The molecule has 0 aromatic carbocycles. The Morgan fingerprint density at radius 1 is 1.50 bits per heavy atom. The number of carbonyl (C=O) groups excluding carboxylic acids is 2. The first-order chi connectivity index (χ1) is 7.38. The highest BCUT2D eigenvalue weighted by molar-refractivity contribution is 5.93. The molecular formula is C11H19FN2O2. The number of nitrogens with zero attached hydrogens (tertiary/aromatic N) is 1. The maximum absolute atomic E-state index is 12.2. The normalized spacial score (nSPS) is 25.2. The summed E-state index contributed by atoms with van der Waals surface area (Å²) in [6.07, 6.45) is 0.599. The lowest BCUT2D eigenvalue weighted by molar-refractivity contribution is -0.138. The Kier molecular flexibility index (Phi) is 3.88. The molecule has 1 atom stereocenters. The van der Waals surface area contributed by atoms with Crippen LogP contribution < -0.4 is 5.32 Å². The molecule has 4 nitrogen and oxygen atoms in total. The van der Waals surface area contributed by atoms with Gasteiger partial charge in [0.25, 0.3) is 0 Å². The average molecular weight is 230 g/mol. The van der Waals surface area contributed by atoms with Gasteiger partial charge in [-0.1, -0.05) is 0 Å². The van der Waals surface area contributed by atoms with Gasteiger partial charge in [0.2, 0.25) is 11.8 Å². The summed E-state index contributed by atoms with van der Waals surface area (Å²) in [6, 6.07) is -0.166. The Hall–Kier alpha value is -1.13. The highest BCUT2D eigenvalue weighted by Gasteiger charge is 2.39. The molecule has 1 rings (SSSR count). The fourth-order valence-corrected chi connectivity index (χ4v) is 1.94. The number of halogens is 1. The molecule has 5 heteroatoms. The lowest BCUT2D eigenvalue weighted by Crippen LogP contribution is -2.53. The zero-order valence-corrected chi connectivity index (χ0v) is 10.0. The van der Waals surface area contributed by atoms with Crippen LogP contribution in [0.3, 0.4) is 0 Å². The van der Waals surface area contributed by atoms with Crippen molar-refractivity contribution in [2.24, 2.45) is 0 Å². The number of amides is 2. The second kappa shape index (κ2) is 4.80. The van der Waals surface area contributed by atoms with Crippen molar-refractivity contribution in [1.29, 1.82) is 0 Å². The topological polar surface area (TPSA) is 49.4 Å². The molecule has 0 aromatic rings. The molecule has 1 heterocycles. The standard InChI is InChI=1S/C11H19FN2O2/c1-8-7-9(15)13-11(2,3)10(16)14(8)6-4-5-12/h8H,4-7H2,1-3H3,(H,13,15). The molecule has 1 unspecified atom stereocenters. The largest absolute Gasteiger partial charge is 0.342 e. The van der Waals surface area contributed by atoms with Crippen molar-refractivity contribution in [2.75, 3.05) is 13.2 Å². The maximum Gasteiger partial charge on any atom is 0.247 e. The molecule has 0 spiro atoms. The van der Waals surface area contributed by atoms with Gasteiger partial charge in [-0.15, -0.1) is 0 Å². The number of hydrogen-bond acceptors (Lipinski definition) is 2. The zero-order valence-electron chi connectivity index (χ0n) is 10.0. The van der Waals surface area contributed by atoms with Crippen LogP contribution in [0.5, 0.6) is 0 Å².